The van der Waals surface area contributed by atoms with E-state index in [0.29, 0.717) is 11.0 Å². The Morgan fingerprint density at radius 3 is 2.38 bits per heavy atom. The Balaban J connectivity index is 1.91. The lowest BCUT2D eigenvalue weighted by atomic mass is 10.3. The van der Waals surface area contributed by atoms with E-state index in [9.17, 15) is 13.2 Å². The predicted octanol–water partition coefficient (Wildman–Crippen LogP) is 3.23. The average Bonchev–Trinajstić information content (AvgIpc) is 2.46. The number of halogens is 3. The monoisotopic (exact) mass is 292 g/mol. The second-order valence-corrected chi connectivity index (χ2v) is 4.03. The fourth-order valence-electron chi connectivity index (χ4n) is 1.66. The molecule has 0 bridgehead atoms. The number of nitrogens with zero attached hydrogens (tertiary/aromatic N) is 4. The molecule has 0 atom stereocenters. The molecule has 0 unspecified atom stereocenters. The van der Waals surface area contributed by atoms with Crippen LogP contribution in [-0.2, 0) is 6.18 Å². The van der Waals surface area contributed by atoms with Gasteiger partial charge in [-0.15, -0.1) is 0 Å². The number of alkyl halides is 3. The summed E-state index contributed by atoms with van der Waals surface area (Å²) in [6.45, 7) is 0. The molecule has 3 rings (SSSR count). The lowest BCUT2D eigenvalue weighted by Gasteiger charge is -2.08. The van der Waals surface area contributed by atoms with Crippen molar-refractivity contribution in [2.75, 3.05) is 0 Å². The maximum Gasteiger partial charge on any atom is 0.433 e. The lowest BCUT2D eigenvalue weighted by Crippen LogP contribution is -2.08. The molecule has 0 aliphatic heterocycles. The van der Waals surface area contributed by atoms with Crippen molar-refractivity contribution < 1.29 is 17.9 Å². The second-order valence-electron chi connectivity index (χ2n) is 4.03. The first-order valence-corrected chi connectivity index (χ1v) is 5.81. The summed E-state index contributed by atoms with van der Waals surface area (Å²) in [5, 5.41) is 0. The Labute approximate surface area is 116 Å². The molecule has 3 aromatic rings. The fourth-order valence-corrected chi connectivity index (χ4v) is 1.66. The maximum absolute atomic E-state index is 12.6. The molecule has 5 nitrogen and oxygen atoms in total. The minimum atomic E-state index is -4.55. The van der Waals surface area contributed by atoms with E-state index in [1.807, 2.05) is 0 Å². The van der Waals surface area contributed by atoms with Gasteiger partial charge in [0.05, 0.1) is 11.0 Å². The summed E-state index contributed by atoms with van der Waals surface area (Å²) >= 11 is 0. The molecule has 2 heterocycles. The van der Waals surface area contributed by atoms with Crippen molar-refractivity contribution >= 4 is 11.0 Å². The highest BCUT2D eigenvalue weighted by Crippen LogP contribution is 2.29. The molecule has 2 aromatic heterocycles. The molecule has 1 aromatic carbocycles. The molecule has 0 N–H and O–H groups in total. The van der Waals surface area contributed by atoms with E-state index in [4.69, 9.17) is 4.74 Å². The third-order valence-corrected chi connectivity index (χ3v) is 2.57. The van der Waals surface area contributed by atoms with Crippen molar-refractivity contribution in [3.05, 3.63) is 48.5 Å². The summed E-state index contributed by atoms with van der Waals surface area (Å²) in [7, 11) is 0. The summed E-state index contributed by atoms with van der Waals surface area (Å²) in [6.07, 6.45) is -0.506. The Hall–Kier alpha value is -2.77. The zero-order chi connectivity index (χ0) is 14.9. The molecular weight excluding hydrogens is 285 g/mol. The first-order chi connectivity index (χ1) is 10.0. The first-order valence-electron chi connectivity index (χ1n) is 5.81. The number of hydrogen-bond donors (Lipinski definition) is 0. The molecule has 0 fully saturated rings. The Kier molecular flexibility index (Phi) is 3.13. The summed E-state index contributed by atoms with van der Waals surface area (Å²) in [5.41, 5.74) is 0.143. The van der Waals surface area contributed by atoms with Gasteiger partial charge < -0.3 is 4.74 Å². The average molecular weight is 292 g/mol. The van der Waals surface area contributed by atoms with Gasteiger partial charge in [-0.25, -0.2) is 4.98 Å². The van der Waals surface area contributed by atoms with Crippen molar-refractivity contribution in [3.8, 4) is 11.8 Å². The summed E-state index contributed by atoms with van der Waals surface area (Å²) in [6, 6.07) is 5.14. The molecular formula is C13H7F3N4O. The van der Waals surface area contributed by atoms with Crippen LogP contribution in [0, 0.1) is 0 Å². The van der Waals surface area contributed by atoms with Crippen LogP contribution in [0.3, 0.4) is 0 Å². The smallest absolute Gasteiger partial charge is 0.424 e. The Morgan fingerprint density at radius 1 is 0.857 bits per heavy atom. The van der Waals surface area contributed by atoms with Crippen molar-refractivity contribution in [1.29, 1.82) is 0 Å². The zero-order valence-corrected chi connectivity index (χ0v) is 10.4. The van der Waals surface area contributed by atoms with Crippen LogP contribution in [-0.4, -0.2) is 19.9 Å². The van der Waals surface area contributed by atoms with E-state index < -0.39 is 11.9 Å². The third-order valence-electron chi connectivity index (χ3n) is 2.57. The van der Waals surface area contributed by atoms with Crippen LogP contribution < -0.4 is 4.74 Å². The van der Waals surface area contributed by atoms with Crippen LogP contribution in [0.15, 0.2) is 42.9 Å². The molecule has 0 saturated heterocycles. The van der Waals surface area contributed by atoms with Crippen molar-refractivity contribution in [2.45, 2.75) is 6.18 Å². The van der Waals surface area contributed by atoms with Crippen molar-refractivity contribution in [3.63, 3.8) is 0 Å². The zero-order valence-electron chi connectivity index (χ0n) is 10.4. The largest absolute Gasteiger partial charge is 0.433 e. The molecule has 0 saturated carbocycles. The van der Waals surface area contributed by atoms with Gasteiger partial charge in [-0.2, -0.15) is 18.2 Å². The van der Waals surface area contributed by atoms with Gasteiger partial charge >= 0.3 is 12.2 Å². The Morgan fingerprint density at radius 2 is 1.62 bits per heavy atom. The maximum atomic E-state index is 12.6. The van der Waals surface area contributed by atoms with Crippen molar-refractivity contribution in [2.24, 2.45) is 0 Å². The summed E-state index contributed by atoms with van der Waals surface area (Å²) < 4.78 is 42.9. The fraction of sp³-hybridized carbons (Fsp3) is 0.0769. The predicted molar refractivity (Wildman–Crippen MR) is 66.6 cm³/mol. The Bertz CT molecular complexity index is 791. The topological polar surface area (TPSA) is 60.8 Å². The van der Waals surface area contributed by atoms with Gasteiger partial charge in [0.15, 0.2) is 5.69 Å². The van der Waals surface area contributed by atoms with E-state index in [2.05, 4.69) is 19.9 Å². The number of rotatable bonds is 2. The highest BCUT2D eigenvalue weighted by molar-refractivity contribution is 5.75. The van der Waals surface area contributed by atoms with Crippen LogP contribution in [0.2, 0.25) is 0 Å². The number of fused-ring (bicyclic) bond motifs is 1. The minimum absolute atomic E-state index is 0.280. The molecule has 21 heavy (non-hydrogen) atoms. The molecule has 0 aliphatic carbocycles. The highest BCUT2D eigenvalue weighted by atomic mass is 19.4. The lowest BCUT2D eigenvalue weighted by molar-refractivity contribution is -0.141. The number of hydrogen-bond acceptors (Lipinski definition) is 5. The normalized spacial score (nSPS) is 11.6. The van der Waals surface area contributed by atoms with E-state index in [0.717, 1.165) is 12.3 Å². The van der Waals surface area contributed by atoms with Gasteiger partial charge in [0, 0.05) is 24.7 Å². The van der Waals surface area contributed by atoms with Crippen LogP contribution in [0.1, 0.15) is 5.69 Å². The van der Waals surface area contributed by atoms with Crippen LogP contribution >= 0.6 is 0 Å². The van der Waals surface area contributed by atoms with Gasteiger partial charge in [0.2, 0.25) is 0 Å². The van der Waals surface area contributed by atoms with Crippen LogP contribution in [0.4, 0.5) is 13.2 Å². The van der Waals surface area contributed by atoms with Crippen LogP contribution in [0.25, 0.3) is 11.0 Å². The first kappa shape index (κ1) is 13.2. The second kappa shape index (κ2) is 4.97. The van der Waals surface area contributed by atoms with Gasteiger partial charge in [0.25, 0.3) is 0 Å². The van der Waals surface area contributed by atoms with Crippen LogP contribution in [0.5, 0.6) is 11.8 Å². The van der Waals surface area contributed by atoms with E-state index in [1.54, 1.807) is 24.4 Å². The molecule has 8 heteroatoms. The molecule has 0 spiro atoms. The number of aromatic nitrogens is 4. The molecule has 0 amide bonds. The molecule has 0 radical (unpaired) electrons. The quantitative estimate of drug-likeness (QED) is 0.725. The molecule has 0 aliphatic rings. The number of ether oxygens (including phenoxy) is 1. The summed E-state index contributed by atoms with van der Waals surface area (Å²) in [5.74, 6) is 0.280. The molecule has 106 valence electrons. The minimum Gasteiger partial charge on any atom is -0.424 e. The van der Waals surface area contributed by atoms with Gasteiger partial charge in [-0.3, -0.25) is 9.97 Å². The standard InChI is InChI=1S/C13H7F3N4O/c14-13(15,16)11-3-4-19-12(20-11)21-8-1-2-9-10(7-8)18-6-5-17-9/h1-7H. The van der Waals surface area contributed by atoms with E-state index in [-0.39, 0.29) is 11.8 Å². The highest BCUT2D eigenvalue weighted by Gasteiger charge is 2.33. The summed E-state index contributed by atoms with van der Waals surface area (Å²) in [4.78, 5) is 15.1. The van der Waals surface area contributed by atoms with E-state index in [1.165, 1.54) is 6.20 Å². The SMILES string of the molecule is FC(F)(F)c1ccnc(Oc2ccc3nccnc3c2)n1. The van der Waals surface area contributed by atoms with Gasteiger partial charge in [0.1, 0.15) is 5.75 Å². The van der Waals surface area contributed by atoms with Gasteiger partial charge in [-0.05, 0) is 18.2 Å². The van der Waals surface area contributed by atoms with E-state index >= 15 is 0 Å². The number of benzene rings is 1. The van der Waals surface area contributed by atoms with Gasteiger partial charge in [-0.1, -0.05) is 0 Å². The third kappa shape index (κ3) is 2.88. The van der Waals surface area contributed by atoms with Crippen molar-refractivity contribution in [1.82, 2.24) is 19.9 Å².